The highest BCUT2D eigenvalue weighted by Gasteiger charge is 2.17. The minimum atomic E-state index is -0.268. The summed E-state index contributed by atoms with van der Waals surface area (Å²) in [7, 11) is 1.59. The van der Waals surface area contributed by atoms with Gasteiger partial charge < -0.3 is 20.7 Å². The molecule has 1 atom stereocenters. The minimum Gasteiger partial charge on any atom is -0.497 e. The van der Waals surface area contributed by atoms with Gasteiger partial charge in [-0.1, -0.05) is 12.1 Å². The molecule has 3 N–H and O–H groups in total. The Morgan fingerprint density at radius 3 is 2.54 bits per heavy atom. The number of hydrogen-bond acceptors (Lipinski definition) is 4. The van der Waals surface area contributed by atoms with E-state index >= 15 is 0 Å². The third-order valence-electron chi connectivity index (χ3n) is 4.74. The molecule has 3 rings (SSSR count). The molecule has 1 aliphatic heterocycles. The second kappa shape index (κ2) is 10.7. The van der Waals surface area contributed by atoms with Crippen molar-refractivity contribution >= 4 is 35.6 Å². The lowest BCUT2D eigenvalue weighted by Gasteiger charge is -2.13. The van der Waals surface area contributed by atoms with Crippen LogP contribution in [0.2, 0.25) is 0 Å². The van der Waals surface area contributed by atoms with E-state index in [-0.39, 0.29) is 24.2 Å². The van der Waals surface area contributed by atoms with Gasteiger partial charge in [0.1, 0.15) is 5.75 Å². The first-order chi connectivity index (χ1) is 13.2. The van der Waals surface area contributed by atoms with Crippen molar-refractivity contribution < 1.29 is 14.3 Å². The number of amides is 2. The summed E-state index contributed by atoms with van der Waals surface area (Å²) < 4.78 is 5.12. The molecule has 0 spiro atoms. The standard InChI is InChI=1S/C21H25N3O3.ClH/c1-27-17-9-7-16(8-10-17)23-21(26)18-4-2-3-5-19(18)24-20(25)11-6-15-12-13-22-14-15;/h2-5,7-10,15,22H,6,11-14H2,1H3,(H,23,26)(H,24,25);1H. The van der Waals surface area contributed by atoms with Crippen LogP contribution in [0, 0.1) is 5.92 Å². The number of nitrogens with one attached hydrogen (secondary N) is 3. The van der Waals surface area contributed by atoms with E-state index < -0.39 is 0 Å². The van der Waals surface area contributed by atoms with Crippen molar-refractivity contribution in [3.8, 4) is 5.75 Å². The maximum Gasteiger partial charge on any atom is 0.257 e. The van der Waals surface area contributed by atoms with E-state index in [0.717, 1.165) is 31.7 Å². The lowest BCUT2D eigenvalue weighted by Crippen LogP contribution is -2.19. The summed E-state index contributed by atoms with van der Waals surface area (Å²) in [6, 6.07) is 14.1. The molecule has 28 heavy (non-hydrogen) atoms. The molecule has 2 aromatic carbocycles. The molecule has 1 fully saturated rings. The smallest absolute Gasteiger partial charge is 0.257 e. The van der Waals surface area contributed by atoms with E-state index in [2.05, 4.69) is 16.0 Å². The highest BCUT2D eigenvalue weighted by Crippen LogP contribution is 2.20. The van der Waals surface area contributed by atoms with E-state index in [9.17, 15) is 9.59 Å². The maximum absolute atomic E-state index is 12.6. The van der Waals surface area contributed by atoms with Crippen LogP contribution in [-0.4, -0.2) is 32.0 Å². The van der Waals surface area contributed by atoms with Crippen LogP contribution < -0.4 is 20.7 Å². The molecule has 0 bridgehead atoms. The van der Waals surface area contributed by atoms with Crippen molar-refractivity contribution in [2.24, 2.45) is 5.92 Å². The number of rotatable bonds is 7. The molecule has 1 aliphatic rings. The summed E-state index contributed by atoms with van der Waals surface area (Å²) in [5.74, 6) is 0.949. The normalized spacial score (nSPS) is 15.4. The van der Waals surface area contributed by atoms with Gasteiger partial charge in [-0.25, -0.2) is 0 Å². The van der Waals surface area contributed by atoms with Crippen LogP contribution >= 0.6 is 12.4 Å². The van der Waals surface area contributed by atoms with Crippen LogP contribution in [0.15, 0.2) is 48.5 Å². The van der Waals surface area contributed by atoms with Crippen LogP contribution in [0.3, 0.4) is 0 Å². The molecule has 2 aromatic rings. The predicted octanol–water partition coefficient (Wildman–Crippen LogP) is 3.70. The van der Waals surface area contributed by atoms with Gasteiger partial charge in [0.25, 0.3) is 5.91 Å². The first kappa shape index (κ1) is 21.7. The summed E-state index contributed by atoms with van der Waals surface area (Å²) in [6.45, 7) is 2.01. The first-order valence-electron chi connectivity index (χ1n) is 9.20. The highest BCUT2D eigenvalue weighted by molar-refractivity contribution is 6.10. The van der Waals surface area contributed by atoms with Gasteiger partial charge in [-0.2, -0.15) is 0 Å². The van der Waals surface area contributed by atoms with Gasteiger partial charge in [0.2, 0.25) is 5.91 Å². The maximum atomic E-state index is 12.6. The van der Waals surface area contributed by atoms with Crippen molar-refractivity contribution in [1.82, 2.24) is 5.32 Å². The molecule has 1 unspecified atom stereocenters. The zero-order chi connectivity index (χ0) is 19.1. The molecule has 7 heteroatoms. The topological polar surface area (TPSA) is 79.5 Å². The van der Waals surface area contributed by atoms with Crippen LogP contribution in [-0.2, 0) is 4.79 Å². The Hall–Kier alpha value is -2.57. The first-order valence-corrected chi connectivity index (χ1v) is 9.20. The Kier molecular flexibility index (Phi) is 8.29. The average Bonchev–Trinajstić information content (AvgIpc) is 3.21. The number of methoxy groups -OCH3 is 1. The number of ether oxygens (including phenoxy) is 1. The van der Waals surface area contributed by atoms with Crippen molar-refractivity contribution in [3.63, 3.8) is 0 Å². The van der Waals surface area contributed by atoms with E-state index in [0.29, 0.717) is 29.3 Å². The SMILES string of the molecule is COc1ccc(NC(=O)c2ccccc2NC(=O)CCC2CCNC2)cc1.Cl. The number of hydrogen-bond donors (Lipinski definition) is 3. The number of benzene rings is 2. The largest absolute Gasteiger partial charge is 0.497 e. The van der Waals surface area contributed by atoms with Gasteiger partial charge in [0, 0.05) is 12.1 Å². The van der Waals surface area contributed by atoms with Crippen LogP contribution in [0.25, 0.3) is 0 Å². The fraction of sp³-hybridized carbons (Fsp3) is 0.333. The summed E-state index contributed by atoms with van der Waals surface area (Å²) in [5.41, 5.74) is 1.62. The quantitative estimate of drug-likeness (QED) is 0.658. The molecule has 150 valence electrons. The Bertz CT molecular complexity index is 790. The van der Waals surface area contributed by atoms with E-state index in [1.807, 2.05) is 0 Å². The molecule has 1 saturated heterocycles. The molecule has 1 heterocycles. The number of anilines is 2. The molecule has 0 aliphatic carbocycles. The van der Waals surface area contributed by atoms with Crippen LogP contribution in [0.5, 0.6) is 5.75 Å². The number of carbonyl (C=O) groups excluding carboxylic acids is 2. The summed E-state index contributed by atoms with van der Waals surface area (Å²) >= 11 is 0. The van der Waals surface area contributed by atoms with Crippen molar-refractivity contribution in [3.05, 3.63) is 54.1 Å². The van der Waals surface area contributed by atoms with Gasteiger partial charge in [-0.3, -0.25) is 9.59 Å². The Balaban J connectivity index is 0.00000280. The predicted molar refractivity (Wildman–Crippen MR) is 113 cm³/mol. The van der Waals surface area contributed by atoms with Crippen LogP contribution in [0.4, 0.5) is 11.4 Å². The summed E-state index contributed by atoms with van der Waals surface area (Å²) in [6.07, 6.45) is 2.44. The molecule has 2 amide bonds. The second-order valence-electron chi connectivity index (χ2n) is 6.67. The second-order valence-corrected chi connectivity index (χ2v) is 6.67. The summed E-state index contributed by atoms with van der Waals surface area (Å²) in [4.78, 5) is 24.9. The van der Waals surface area contributed by atoms with Gasteiger partial charge in [0.05, 0.1) is 18.4 Å². The van der Waals surface area contributed by atoms with Crippen LogP contribution in [0.1, 0.15) is 29.6 Å². The van der Waals surface area contributed by atoms with E-state index in [1.54, 1.807) is 55.6 Å². The molecule has 6 nitrogen and oxygen atoms in total. The Labute approximate surface area is 171 Å². The molecule has 0 saturated carbocycles. The monoisotopic (exact) mass is 403 g/mol. The molecule has 0 radical (unpaired) electrons. The van der Waals surface area contributed by atoms with Gasteiger partial charge in [-0.05, 0) is 68.2 Å². The molecular weight excluding hydrogens is 378 g/mol. The third-order valence-corrected chi connectivity index (χ3v) is 4.74. The van der Waals surface area contributed by atoms with Gasteiger partial charge in [-0.15, -0.1) is 12.4 Å². The third kappa shape index (κ3) is 5.97. The Morgan fingerprint density at radius 2 is 1.86 bits per heavy atom. The number of para-hydroxylation sites is 1. The molecular formula is C21H26ClN3O3. The number of carbonyl (C=O) groups is 2. The van der Waals surface area contributed by atoms with Crippen molar-refractivity contribution in [1.29, 1.82) is 0 Å². The lowest BCUT2D eigenvalue weighted by molar-refractivity contribution is -0.116. The van der Waals surface area contributed by atoms with Crippen molar-refractivity contribution in [2.45, 2.75) is 19.3 Å². The average molecular weight is 404 g/mol. The van der Waals surface area contributed by atoms with E-state index in [4.69, 9.17) is 4.74 Å². The lowest BCUT2D eigenvalue weighted by atomic mass is 10.0. The molecule has 0 aromatic heterocycles. The summed E-state index contributed by atoms with van der Waals surface area (Å²) in [5, 5.41) is 9.03. The zero-order valence-corrected chi connectivity index (χ0v) is 16.7. The minimum absolute atomic E-state index is 0. The zero-order valence-electron chi connectivity index (χ0n) is 15.9. The van der Waals surface area contributed by atoms with Crippen molar-refractivity contribution in [2.75, 3.05) is 30.8 Å². The van der Waals surface area contributed by atoms with Gasteiger partial charge >= 0.3 is 0 Å². The highest BCUT2D eigenvalue weighted by atomic mass is 35.5. The fourth-order valence-corrected chi connectivity index (χ4v) is 3.17. The van der Waals surface area contributed by atoms with Gasteiger partial charge in [0.15, 0.2) is 0 Å². The number of halogens is 1. The fourth-order valence-electron chi connectivity index (χ4n) is 3.17. The Morgan fingerprint density at radius 1 is 1.11 bits per heavy atom. The van der Waals surface area contributed by atoms with E-state index in [1.165, 1.54) is 0 Å².